The Morgan fingerprint density at radius 2 is 1.43 bits per heavy atom. The zero-order valence-electron chi connectivity index (χ0n) is 4.28. The minimum absolute atomic E-state index is 0.617. The molecule has 0 N–H and O–H groups in total. The van der Waals surface area contributed by atoms with Crippen LogP contribution in [0.4, 0.5) is 0 Å². The Bertz CT molecular complexity index is 90.2. The van der Waals surface area contributed by atoms with Crippen molar-refractivity contribution in [3.63, 3.8) is 0 Å². The van der Waals surface area contributed by atoms with Gasteiger partial charge in [-0.2, -0.15) is 12.0 Å². The fourth-order valence-electron chi connectivity index (χ4n) is 0.293. The summed E-state index contributed by atoms with van der Waals surface area (Å²) in [5.41, 5.74) is 0. The molecule has 0 amide bonds. The molecule has 0 aliphatic rings. The molecule has 0 aliphatic heterocycles. The minimum atomic E-state index is 0.617. The molecule has 0 saturated carbocycles. The Hall–Kier alpha value is -0.00623. The first kappa shape index (κ1) is 6.99. The molecule has 0 atom stereocenters. The Morgan fingerprint density at radius 1 is 1.00 bits per heavy atom. The van der Waals surface area contributed by atoms with Crippen LogP contribution in [0.2, 0.25) is 12.1 Å². The third-order valence-corrected chi connectivity index (χ3v) is 1.93. The van der Waals surface area contributed by atoms with Gasteiger partial charge in [-0.05, 0) is 36.4 Å². The van der Waals surface area contributed by atoms with Gasteiger partial charge in [-0.3, -0.25) is 0 Å². The molecular formula is C5H8Si2. The zero-order valence-corrected chi connectivity index (χ0v) is 6.28. The molecule has 0 heterocycles. The second-order valence-corrected chi connectivity index (χ2v) is 3.08. The Kier molecular flexibility index (Phi) is 5.99. The highest BCUT2D eigenvalue weighted by molar-refractivity contribution is 6.23. The lowest BCUT2D eigenvalue weighted by Crippen LogP contribution is -1.72. The summed E-state index contributed by atoms with van der Waals surface area (Å²) in [6.45, 7) is 0. The van der Waals surface area contributed by atoms with Gasteiger partial charge in [0.25, 0.3) is 0 Å². The van der Waals surface area contributed by atoms with Crippen molar-refractivity contribution in [2.75, 3.05) is 0 Å². The van der Waals surface area contributed by atoms with E-state index in [2.05, 4.69) is 0 Å². The lowest BCUT2D eigenvalue weighted by Gasteiger charge is -1.79. The van der Waals surface area contributed by atoms with Gasteiger partial charge < -0.3 is 0 Å². The maximum absolute atomic E-state index is 5.26. The smallest absolute Gasteiger partial charge is 0.0138 e. The van der Waals surface area contributed by atoms with Crippen LogP contribution in [0.5, 0.6) is 0 Å². The van der Waals surface area contributed by atoms with Gasteiger partial charge in [-0.25, -0.2) is 0 Å². The van der Waals surface area contributed by atoms with Gasteiger partial charge in [0.05, 0.1) is 0 Å². The van der Waals surface area contributed by atoms with Gasteiger partial charge in [0, 0.05) is 0 Å². The van der Waals surface area contributed by atoms with Gasteiger partial charge in [0.1, 0.15) is 0 Å². The van der Waals surface area contributed by atoms with E-state index in [0.29, 0.717) is 17.9 Å². The van der Waals surface area contributed by atoms with Crippen LogP contribution in [0.25, 0.3) is 0 Å². The van der Waals surface area contributed by atoms with E-state index in [4.69, 9.17) is 12.0 Å². The average molecular weight is 124 g/mol. The lowest BCUT2D eigenvalue weighted by atomic mass is 10.6. The summed E-state index contributed by atoms with van der Waals surface area (Å²) in [5, 5.41) is 0. The first-order chi connectivity index (χ1) is 3.41. The molecule has 0 aromatic carbocycles. The van der Waals surface area contributed by atoms with Crippen molar-refractivity contribution in [3.8, 4) is 12.0 Å². The normalized spacial score (nSPS) is 6.57. The molecule has 0 aromatic heterocycles. The lowest BCUT2D eigenvalue weighted by molar-refractivity contribution is 1.07. The van der Waals surface area contributed by atoms with Crippen molar-refractivity contribution in [3.05, 3.63) is 0 Å². The number of rotatable bonds is 2. The van der Waals surface area contributed by atoms with Crippen molar-refractivity contribution in [2.24, 2.45) is 0 Å². The third kappa shape index (κ3) is 5.99. The van der Waals surface area contributed by atoms with E-state index in [1.54, 1.807) is 0 Å². The van der Waals surface area contributed by atoms with Crippen LogP contribution < -0.4 is 0 Å². The summed E-state index contributed by atoms with van der Waals surface area (Å²) in [4.78, 5) is 0. The number of hydrogen-bond donors (Lipinski definition) is 0. The zero-order chi connectivity index (χ0) is 5.54. The van der Waals surface area contributed by atoms with Crippen LogP contribution >= 0.6 is 0 Å². The first-order valence-electron chi connectivity index (χ1n) is 2.28. The van der Waals surface area contributed by atoms with E-state index in [9.17, 15) is 0 Å². The monoisotopic (exact) mass is 124 g/mol. The van der Waals surface area contributed by atoms with Gasteiger partial charge in [-0.1, -0.05) is 0 Å². The van der Waals surface area contributed by atoms with Gasteiger partial charge >= 0.3 is 0 Å². The standard InChI is InChI=1S/C5H8Si2/c1-6-4-3-5-7-2/h1-2H,3-5H2. The van der Waals surface area contributed by atoms with E-state index in [1.807, 2.05) is 0 Å². The molecule has 36 valence electrons. The number of hydrogen-bond acceptors (Lipinski definition) is 0. The van der Waals surface area contributed by atoms with Crippen molar-refractivity contribution in [1.82, 2.24) is 0 Å². The largest absolute Gasteiger partial charge is 0.158 e. The second kappa shape index (κ2) is 5.99. The summed E-state index contributed by atoms with van der Waals surface area (Å²) in [5.74, 6) is 0. The van der Waals surface area contributed by atoms with Gasteiger partial charge in [0.15, 0.2) is 0 Å². The first-order valence-corrected chi connectivity index (χ1v) is 4.85. The maximum atomic E-state index is 5.26. The molecule has 7 heavy (non-hydrogen) atoms. The highest BCUT2D eigenvalue weighted by Crippen LogP contribution is 1.87. The molecule has 0 rings (SSSR count). The SMILES string of the molecule is C#[Si]CCC[Si]#C. The Balaban J connectivity index is 2.77. The average Bonchev–Trinajstić information content (AvgIpc) is 1.69. The van der Waals surface area contributed by atoms with Crippen molar-refractivity contribution < 1.29 is 0 Å². The van der Waals surface area contributed by atoms with Crippen LogP contribution in [-0.2, 0) is 0 Å². The van der Waals surface area contributed by atoms with Crippen LogP contribution in [-0.4, -0.2) is 17.9 Å². The van der Waals surface area contributed by atoms with E-state index < -0.39 is 0 Å². The van der Waals surface area contributed by atoms with Crippen LogP contribution in [0.15, 0.2) is 0 Å². The molecule has 0 unspecified atom stereocenters. The fourth-order valence-corrected chi connectivity index (χ4v) is 1.41. The summed E-state index contributed by atoms with van der Waals surface area (Å²) in [6.07, 6.45) is 1.21. The summed E-state index contributed by atoms with van der Waals surface area (Å²) in [7, 11) is 1.23. The molecule has 2 heteroatoms. The minimum Gasteiger partial charge on any atom is -0.158 e. The molecular weight excluding hydrogens is 116 g/mol. The summed E-state index contributed by atoms with van der Waals surface area (Å²) >= 11 is 0. The Labute approximate surface area is 49.1 Å². The Morgan fingerprint density at radius 3 is 1.71 bits per heavy atom. The molecule has 0 fully saturated rings. The second-order valence-electron chi connectivity index (χ2n) is 1.26. The van der Waals surface area contributed by atoms with Gasteiger partial charge in [-0.15, -0.1) is 0 Å². The van der Waals surface area contributed by atoms with E-state index in [0.717, 1.165) is 12.1 Å². The topological polar surface area (TPSA) is 0 Å². The predicted molar refractivity (Wildman–Crippen MR) is 35.6 cm³/mol. The van der Waals surface area contributed by atoms with E-state index in [1.165, 1.54) is 6.42 Å². The molecule has 0 aromatic rings. The maximum Gasteiger partial charge on any atom is -0.0138 e. The quantitative estimate of drug-likeness (QED) is 0.377. The predicted octanol–water partition coefficient (Wildman–Crippen LogP) is 0.799. The molecule has 0 spiro atoms. The summed E-state index contributed by atoms with van der Waals surface area (Å²) in [6, 6.07) is 12.8. The van der Waals surface area contributed by atoms with Crippen molar-refractivity contribution in [2.45, 2.75) is 18.5 Å². The highest BCUT2D eigenvalue weighted by atomic mass is 28.2. The molecule has 0 radical (unpaired) electrons. The van der Waals surface area contributed by atoms with Crippen LogP contribution in [0, 0.1) is 12.0 Å². The molecule has 0 saturated heterocycles. The van der Waals surface area contributed by atoms with E-state index >= 15 is 0 Å². The van der Waals surface area contributed by atoms with Crippen molar-refractivity contribution in [1.29, 1.82) is 0 Å². The van der Waals surface area contributed by atoms with Crippen LogP contribution in [0.3, 0.4) is 0 Å². The van der Waals surface area contributed by atoms with E-state index in [-0.39, 0.29) is 0 Å². The van der Waals surface area contributed by atoms with Crippen LogP contribution in [0.1, 0.15) is 6.42 Å². The molecule has 0 aliphatic carbocycles. The summed E-state index contributed by atoms with van der Waals surface area (Å²) < 4.78 is 0. The highest BCUT2D eigenvalue weighted by Gasteiger charge is 1.74. The van der Waals surface area contributed by atoms with Crippen molar-refractivity contribution >= 4 is 17.9 Å². The fraction of sp³-hybridized carbons (Fsp3) is 0.600. The third-order valence-electron chi connectivity index (χ3n) is 0.642. The van der Waals surface area contributed by atoms with Gasteiger partial charge in [0.2, 0.25) is 0 Å². The molecule has 0 nitrogen and oxygen atoms in total. The molecule has 0 bridgehead atoms.